The minimum absolute atomic E-state index is 0.00377. The number of ketones is 1. The number of hydrogen-bond acceptors (Lipinski definition) is 3. The van der Waals surface area contributed by atoms with Crippen molar-refractivity contribution < 1.29 is 13.9 Å². The molecule has 0 unspecified atom stereocenters. The number of nitrogens with zero attached hydrogens (tertiary/aromatic N) is 1. The van der Waals surface area contributed by atoms with Crippen LogP contribution >= 0.6 is 11.6 Å². The van der Waals surface area contributed by atoms with Gasteiger partial charge in [0.15, 0.2) is 5.78 Å². The van der Waals surface area contributed by atoms with Gasteiger partial charge in [-0.05, 0) is 76.9 Å². The summed E-state index contributed by atoms with van der Waals surface area (Å²) in [4.78, 5) is 15.9. The first-order valence-corrected chi connectivity index (χ1v) is 12.1. The smallest absolute Gasteiger partial charge is 0.213 e. The van der Waals surface area contributed by atoms with Crippen molar-refractivity contribution >= 4 is 34.6 Å². The van der Waals surface area contributed by atoms with Crippen LogP contribution in [-0.2, 0) is 11.2 Å². The predicted molar refractivity (Wildman–Crippen MR) is 141 cm³/mol. The number of carbonyl (C=O) groups excluding carboxylic acids is 1. The Hall–Kier alpha value is -3.50. The van der Waals surface area contributed by atoms with Crippen molar-refractivity contribution in [3.05, 3.63) is 112 Å². The van der Waals surface area contributed by atoms with E-state index in [4.69, 9.17) is 16.3 Å². The van der Waals surface area contributed by atoms with Crippen LogP contribution in [-0.4, -0.2) is 17.4 Å². The second-order valence-corrected chi connectivity index (χ2v) is 8.79. The lowest BCUT2D eigenvalue weighted by atomic mass is 9.88. The van der Waals surface area contributed by atoms with Crippen LogP contribution in [0.3, 0.4) is 0 Å². The summed E-state index contributed by atoms with van der Waals surface area (Å²) < 4.78 is 19.5. The molecule has 0 aliphatic heterocycles. The van der Waals surface area contributed by atoms with E-state index in [1.54, 1.807) is 12.3 Å². The molecule has 0 atom stereocenters. The van der Waals surface area contributed by atoms with E-state index in [-0.39, 0.29) is 11.6 Å². The zero-order valence-corrected chi connectivity index (χ0v) is 20.4. The lowest BCUT2D eigenvalue weighted by molar-refractivity contribution is -0.114. The zero-order valence-electron chi connectivity index (χ0n) is 19.7. The number of aromatic nitrogens is 1. The quantitative estimate of drug-likeness (QED) is 0.217. The highest BCUT2D eigenvalue weighted by Crippen LogP contribution is 2.41. The van der Waals surface area contributed by atoms with Gasteiger partial charge in [-0.25, -0.2) is 9.37 Å². The molecular formula is C30H27ClFNO2. The summed E-state index contributed by atoms with van der Waals surface area (Å²) >= 11 is 6.50. The molecule has 1 heterocycles. The topological polar surface area (TPSA) is 39.2 Å². The second kappa shape index (κ2) is 11.3. The van der Waals surface area contributed by atoms with Crippen molar-refractivity contribution in [1.29, 1.82) is 0 Å². The number of carbonyl (C=O) groups is 1. The Morgan fingerprint density at radius 1 is 1.20 bits per heavy atom. The molecule has 3 nitrogen and oxygen atoms in total. The molecule has 0 saturated carbocycles. The Kier molecular flexibility index (Phi) is 7.94. The van der Waals surface area contributed by atoms with Crippen LogP contribution < -0.4 is 4.74 Å². The SMILES string of the molecule is C=CC(=O)CCCOc1ccc(/C(C2=Cc3ccccc3C2)=C(/CC)c2ccc(F)cc2Cl)cn1. The number of rotatable bonds is 10. The van der Waals surface area contributed by atoms with Crippen LogP contribution in [0, 0.1) is 5.82 Å². The average molecular weight is 488 g/mol. The summed E-state index contributed by atoms with van der Waals surface area (Å²) in [5.74, 6) is 0.144. The van der Waals surface area contributed by atoms with Gasteiger partial charge < -0.3 is 4.74 Å². The van der Waals surface area contributed by atoms with Crippen molar-refractivity contribution in [2.24, 2.45) is 0 Å². The maximum Gasteiger partial charge on any atom is 0.213 e. The molecule has 2 aromatic carbocycles. The van der Waals surface area contributed by atoms with Gasteiger partial charge in [0.05, 0.1) is 11.6 Å². The van der Waals surface area contributed by atoms with Gasteiger partial charge in [-0.3, -0.25) is 4.79 Å². The van der Waals surface area contributed by atoms with E-state index >= 15 is 0 Å². The lowest BCUT2D eigenvalue weighted by Crippen LogP contribution is -2.03. The summed E-state index contributed by atoms with van der Waals surface area (Å²) in [7, 11) is 0. The van der Waals surface area contributed by atoms with Gasteiger partial charge >= 0.3 is 0 Å². The van der Waals surface area contributed by atoms with Crippen LogP contribution in [0.4, 0.5) is 4.39 Å². The molecule has 0 bridgehead atoms. The highest BCUT2D eigenvalue weighted by molar-refractivity contribution is 6.32. The van der Waals surface area contributed by atoms with Gasteiger partial charge in [0.25, 0.3) is 0 Å². The van der Waals surface area contributed by atoms with E-state index in [1.165, 1.54) is 34.9 Å². The monoisotopic (exact) mass is 487 g/mol. The van der Waals surface area contributed by atoms with Crippen LogP contribution in [0.15, 0.2) is 79.0 Å². The Balaban J connectivity index is 1.70. The van der Waals surface area contributed by atoms with Gasteiger partial charge in [-0.2, -0.15) is 0 Å². The molecule has 0 spiro atoms. The minimum Gasteiger partial charge on any atom is -0.478 e. The maximum atomic E-state index is 13.8. The fourth-order valence-corrected chi connectivity index (χ4v) is 4.65. The average Bonchev–Trinajstić information content (AvgIpc) is 3.29. The molecule has 3 aromatic rings. The molecule has 0 saturated heterocycles. The molecule has 35 heavy (non-hydrogen) atoms. The van der Waals surface area contributed by atoms with Crippen molar-refractivity contribution in [3.8, 4) is 5.88 Å². The number of fused-ring (bicyclic) bond motifs is 1. The van der Waals surface area contributed by atoms with E-state index in [0.717, 1.165) is 28.7 Å². The number of hydrogen-bond donors (Lipinski definition) is 0. The van der Waals surface area contributed by atoms with E-state index in [0.29, 0.717) is 36.8 Å². The third-order valence-corrected chi connectivity index (χ3v) is 6.38. The summed E-state index contributed by atoms with van der Waals surface area (Å²) in [6, 6.07) is 16.7. The molecule has 4 rings (SSSR count). The third kappa shape index (κ3) is 5.77. The summed E-state index contributed by atoms with van der Waals surface area (Å²) in [5.41, 5.74) is 7.47. The molecular weight excluding hydrogens is 461 g/mol. The summed E-state index contributed by atoms with van der Waals surface area (Å²) in [5, 5.41) is 0.387. The van der Waals surface area contributed by atoms with Crippen LogP contribution in [0.2, 0.25) is 5.02 Å². The van der Waals surface area contributed by atoms with Gasteiger partial charge in [0.1, 0.15) is 5.82 Å². The standard InChI is InChI=1S/C30H27ClFNO2/c1-3-25(34)10-7-15-35-29-14-11-22(19-33-29)30(23-16-20-8-5-6-9-21(20)17-23)26(4-2)27-13-12-24(32)18-28(27)31/h3,5-6,8-9,11-14,16,18-19H,1,4,7,10,15,17H2,2H3/b30-26+. The first-order valence-electron chi connectivity index (χ1n) is 11.7. The number of benzene rings is 2. The van der Waals surface area contributed by atoms with E-state index in [1.807, 2.05) is 24.3 Å². The number of allylic oxidation sites excluding steroid dienone is 4. The van der Waals surface area contributed by atoms with Crippen molar-refractivity contribution in [2.45, 2.75) is 32.6 Å². The number of pyridine rings is 1. The molecule has 1 aliphatic carbocycles. The zero-order chi connectivity index (χ0) is 24.8. The molecule has 178 valence electrons. The summed E-state index contributed by atoms with van der Waals surface area (Å²) in [6.07, 6.45) is 7.85. The Morgan fingerprint density at radius 3 is 2.71 bits per heavy atom. The van der Waals surface area contributed by atoms with Gasteiger partial charge in [-0.15, -0.1) is 0 Å². The highest BCUT2D eigenvalue weighted by Gasteiger charge is 2.22. The first-order chi connectivity index (χ1) is 17.0. The van der Waals surface area contributed by atoms with Crippen LogP contribution in [0.25, 0.3) is 17.2 Å². The Morgan fingerprint density at radius 2 is 2.03 bits per heavy atom. The van der Waals surface area contributed by atoms with E-state index in [2.05, 4.69) is 36.7 Å². The molecule has 1 aromatic heterocycles. The first kappa shape index (κ1) is 24.6. The fourth-order valence-electron chi connectivity index (χ4n) is 4.37. The molecule has 0 amide bonds. The van der Waals surface area contributed by atoms with Crippen LogP contribution in [0.1, 0.15) is 48.4 Å². The van der Waals surface area contributed by atoms with Gasteiger partial charge in [-0.1, -0.05) is 61.5 Å². The number of halogens is 2. The van der Waals surface area contributed by atoms with Gasteiger partial charge in [0, 0.05) is 24.2 Å². The van der Waals surface area contributed by atoms with E-state index in [9.17, 15) is 9.18 Å². The van der Waals surface area contributed by atoms with Crippen molar-refractivity contribution in [3.63, 3.8) is 0 Å². The molecule has 1 aliphatic rings. The van der Waals surface area contributed by atoms with Gasteiger partial charge in [0.2, 0.25) is 5.88 Å². The summed E-state index contributed by atoms with van der Waals surface area (Å²) in [6.45, 7) is 5.96. The number of ether oxygens (including phenoxy) is 1. The normalized spacial score (nSPS) is 13.1. The van der Waals surface area contributed by atoms with Crippen LogP contribution in [0.5, 0.6) is 5.88 Å². The Labute approximate surface area is 210 Å². The molecule has 5 heteroatoms. The molecule has 0 N–H and O–H groups in total. The molecule has 0 radical (unpaired) electrons. The largest absolute Gasteiger partial charge is 0.478 e. The van der Waals surface area contributed by atoms with Crippen molar-refractivity contribution in [1.82, 2.24) is 4.98 Å². The third-order valence-electron chi connectivity index (χ3n) is 6.07. The predicted octanol–water partition coefficient (Wildman–Crippen LogP) is 7.75. The highest BCUT2D eigenvalue weighted by atomic mass is 35.5. The lowest BCUT2D eigenvalue weighted by Gasteiger charge is -2.18. The Bertz CT molecular complexity index is 1310. The van der Waals surface area contributed by atoms with E-state index < -0.39 is 0 Å². The minimum atomic E-state index is -0.360. The van der Waals surface area contributed by atoms with Crippen molar-refractivity contribution in [2.75, 3.05) is 6.61 Å². The molecule has 0 fully saturated rings. The maximum absolute atomic E-state index is 13.8. The second-order valence-electron chi connectivity index (χ2n) is 8.38. The fraction of sp³-hybridized carbons (Fsp3) is 0.200.